The average Bonchev–Trinajstić information content (AvgIpc) is 2.80. The second kappa shape index (κ2) is 5.40. The lowest BCUT2D eigenvalue weighted by molar-refractivity contribution is -0.130. The van der Waals surface area contributed by atoms with Gasteiger partial charge in [-0.15, -0.1) is 0 Å². The van der Waals surface area contributed by atoms with Gasteiger partial charge < -0.3 is 9.64 Å². The molecule has 1 saturated heterocycles. The fraction of sp³-hybridized carbons (Fsp3) is 0.500. The predicted octanol–water partition coefficient (Wildman–Crippen LogP) is 1.92. The Labute approximate surface area is 108 Å². The molecule has 98 valence electrons. The molecule has 0 bridgehead atoms. The molecule has 18 heavy (non-hydrogen) atoms. The number of hydrogen-bond donors (Lipinski definition) is 1. The summed E-state index contributed by atoms with van der Waals surface area (Å²) in [6.45, 7) is 4.59. The standard InChI is InChI=1S/C14H20N2O2/c1-4-10(2)16-13(17)9-15-14(16)11-6-5-7-12(8-11)18-3/h5-8,10,14-15H,4,9H2,1-3H3. The monoisotopic (exact) mass is 248 g/mol. The van der Waals surface area contributed by atoms with Crippen molar-refractivity contribution in [3.63, 3.8) is 0 Å². The van der Waals surface area contributed by atoms with Crippen LogP contribution in [-0.2, 0) is 4.79 Å². The highest BCUT2D eigenvalue weighted by molar-refractivity contribution is 5.81. The van der Waals surface area contributed by atoms with Crippen LogP contribution in [-0.4, -0.2) is 30.5 Å². The summed E-state index contributed by atoms with van der Waals surface area (Å²) in [5.74, 6) is 0.981. The summed E-state index contributed by atoms with van der Waals surface area (Å²) in [5.41, 5.74) is 1.07. The van der Waals surface area contributed by atoms with Crippen molar-refractivity contribution in [2.45, 2.75) is 32.5 Å². The summed E-state index contributed by atoms with van der Waals surface area (Å²) >= 11 is 0. The van der Waals surface area contributed by atoms with Gasteiger partial charge in [0.2, 0.25) is 5.91 Å². The highest BCUT2D eigenvalue weighted by Crippen LogP contribution is 2.27. The number of carbonyl (C=O) groups excluding carboxylic acids is 1. The molecule has 0 saturated carbocycles. The Hall–Kier alpha value is -1.55. The molecule has 0 radical (unpaired) electrons. The number of rotatable bonds is 4. The van der Waals surface area contributed by atoms with Crippen LogP contribution in [0.25, 0.3) is 0 Å². The number of benzene rings is 1. The highest BCUT2D eigenvalue weighted by Gasteiger charge is 2.34. The summed E-state index contributed by atoms with van der Waals surface area (Å²) in [6, 6.07) is 8.10. The Morgan fingerprint density at radius 1 is 1.56 bits per heavy atom. The van der Waals surface area contributed by atoms with Gasteiger partial charge in [0, 0.05) is 6.04 Å². The number of methoxy groups -OCH3 is 1. The molecule has 1 fully saturated rings. The zero-order valence-corrected chi connectivity index (χ0v) is 11.1. The molecule has 4 nitrogen and oxygen atoms in total. The van der Waals surface area contributed by atoms with Crippen molar-refractivity contribution in [2.24, 2.45) is 0 Å². The van der Waals surface area contributed by atoms with Crippen molar-refractivity contribution in [3.8, 4) is 5.75 Å². The molecule has 0 spiro atoms. The maximum absolute atomic E-state index is 11.9. The first-order valence-corrected chi connectivity index (χ1v) is 6.36. The van der Waals surface area contributed by atoms with E-state index in [2.05, 4.69) is 19.2 Å². The van der Waals surface area contributed by atoms with Gasteiger partial charge in [-0.25, -0.2) is 0 Å². The van der Waals surface area contributed by atoms with Crippen molar-refractivity contribution in [1.82, 2.24) is 10.2 Å². The Kier molecular flexibility index (Phi) is 3.87. The first-order valence-electron chi connectivity index (χ1n) is 6.36. The molecular formula is C14H20N2O2. The fourth-order valence-electron chi connectivity index (χ4n) is 2.30. The van der Waals surface area contributed by atoms with Crippen molar-refractivity contribution >= 4 is 5.91 Å². The molecule has 2 unspecified atom stereocenters. The Morgan fingerprint density at radius 3 is 3.00 bits per heavy atom. The molecule has 0 aromatic heterocycles. The minimum absolute atomic E-state index is 0.0393. The Bertz CT molecular complexity index is 434. The third kappa shape index (κ3) is 2.34. The Morgan fingerprint density at radius 2 is 2.33 bits per heavy atom. The van der Waals surface area contributed by atoms with Gasteiger partial charge in [0.15, 0.2) is 0 Å². The van der Waals surface area contributed by atoms with Gasteiger partial charge in [-0.3, -0.25) is 10.1 Å². The van der Waals surface area contributed by atoms with E-state index >= 15 is 0 Å². The molecular weight excluding hydrogens is 228 g/mol. The zero-order valence-electron chi connectivity index (χ0n) is 11.1. The number of carbonyl (C=O) groups is 1. The van der Waals surface area contributed by atoms with Crippen LogP contribution in [0.3, 0.4) is 0 Å². The molecule has 1 aliphatic rings. The molecule has 0 aliphatic carbocycles. The van der Waals surface area contributed by atoms with Gasteiger partial charge in [0.05, 0.1) is 13.7 Å². The quantitative estimate of drug-likeness (QED) is 0.885. The van der Waals surface area contributed by atoms with Crippen molar-refractivity contribution in [1.29, 1.82) is 0 Å². The molecule has 4 heteroatoms. The summed E-state index contributed by atoms with van der Waals surface area (Å²) < 4.78 is 5.23. The molecule has 1 aromatic rings. The van der Waals surface area contributed by atoms with Gasteiger partial charge in [-0.2, -0.15) is 0 Å². The van der Waals surface area contributed by atoms with Crippen LogP contribution in [0.1, 0.15) is 32.0 Å². The smallest absolute Gasteiger partial charge is 0.238 e. The summed E-state index contributed by atoms with van der Waals surface area (Å²) in [6.07, 6.45) is 0.913. The van der Waals surface area contributed by atoms with Crippen molar-refractivity contribution in [3.05, 3.63) is 29.8 Å². The lowest BCUT2D eigenvalue weighted by Gasteiger charge is -2.30. The molecule has 1 heterocycles. The van der Waals surface area contributed by atoms with Gasteiger partial charge in [-0.1, -0.05) is 19.1 Å². The van der Waals surface area contributed by atoms with E-state index in [1.54, 1.807) is 7.11 Å². The molecule has 1 aliphatic heterocycles. The Balaban J connectivity index is 2.28. The predicted molar refractivity (Wildman–Crippen MR) is 70.3 cm³/mol. The van der Waals surface area contributed by atoms with E-state index in [0.717, 1.165) is 17.7 Å². The number of ether oxygens (including phenoxy) is 1. The SMILES string of the molecule is CCC(C)N1C(=O)CNC1c1cccc(OC)c1. The first kappa shape index (κ1) is 12.9. The van der Waals surface area contributed by atoms with Crippen LogP contribution in [0.4, 0.5) is 0 Å². The normalized spacial score (nSPS) is 21.2. The maximum Gasteiger partial charge on any atom is 0.238 e. The van der Waals surface area contributed by atoms with Crippen molar-refractivity contribution in [2.75, 3.05) is 13.7 Å². The van der Waals surface area contributed by atoms with Gasteiger partial charge in [-0.05, 0) is 31.0 Å². The van der Waals surface area contributed by atoms with E-state index in [-0.39, 0.29) is 18.1 Å². The van der Waals surface area contributed by atoms with E-state index in [9.17, 15) is 4.79 Å². The second-order valence-electron chi connectivity index (χ2n) is 4.62. The third-order valence-corrected chi connectivity index (χ3v) is 3.49. The van der Waals surface area contributed by atoms with Gasteiger partial charge in [0.1, 0.15) is 11.9 Å². The van der Waals surface area contributed by atoms with Crippen LogP contribution >= 0.6 is 0 Å². The summed E-state index contributed by atoms with van der Waals surface area (Å²) in [7, 11) is 1.65. The minimum atomic E-state index is -0.0393. The van der Waals surface area contributed by atoms with Gasteiger partial charge >= 0.3 is 0 Å². The van der Waals surface area contributed by atoms with Crippen LogP contribution < -0.4 is 10.1 Å². The zero-order chi connectivity index (χ0) is 13.1. The van der Waals surface area contributed by atoms with Crippen LogP contribution in [0.5, 0.6) is 5.75 Å². The van der Waals surface area contributed by atoms with Crippen LogP contribution in [0.2, 0.25) is 0 Å². The van der Waals surface area contributed by atoms with Crippen LogP contribution in [0, 0.1) is 0 Å². The first-order chi connectivity index (χ1) is 8.67. The maximum atomic E-state index is 11.9. The highest BCUT2D eigenvalue weighted by atomic mass is 16.5. The van der Waals surface area contributed by atoms with Gasteiger partial charge in [0.25, 0.3) is 0 Å². The van der Waals surface area contributed by atoms with E-state index < -0.39 is 0 Å². The molecule has 1 aromatic carbocycles. The molecule has 1 amide bonds. The van der Waals surface area contributed by atoms with E-state index in [1.165, 1.54) is 0 Å². The number of amides is 1. The van der Waals surface area contributed by atoms with E-state index in [4.69, 9.17) is 4.74 Å². The largest absolute Gasteiger partial charge is 0.497 e. The molecule has 2 atom stereocenters. The lowest BCUT2D eigenvalue weighted by Crippen LogP contribution is -2.37. The van der Waals surface area contributed by atoms with Crippen LogP contribution in [0.15, 0.2) is 24.3 Å². The van der Waals surface area contributed by atoms with Crippen molar-refractivity contribution < 1.29 is 9.53 Å². The minimum Gasteiger partial charge on any atom is -0.497 e. The van der Waals surface area contributed by atoms with E-state index in [0.29, 0.717) is 6.54 Å². The summed E-state index contributed by atoms with van der Waals surface area (Å²) in [4.78, 5) is 13.9. The fourth-order valence-corrected chi connectivity index (χ4v) is 2.30. The topological polar surface area (TPSA) is 41.6 Å². The lowest BCUT2D eigenvalue weighted by atomic mass is 10.1. The number of hydrogen-bond acceptors (Lipinski definition) is 3. The average molecular weight is 248 g/mol. The number of nitrogens with one attached hydrogen (secondary N) is 1. The number of nitrogens with zero attached hydrogens (tertiary/aromatic N) is 1. The van der Waals surface area contributed by atoms with E-state index in [1.807, 2.05) is 29.2 Å². The second-order valence-corrected chi connectivity index (χ2v) is 4.62. The summed E-state index contributed by atoms with van der Waals surface area (Å²) in [5, 5.41) is 3.26. The molecule has 1 N–H and O–H groups in total. The molecule has 2 rings (SSSR count). The third-order valence-electron chi connectivity index (χ3n) is 3.49.